The molecule has 164 valence electrons. The van der Waals surface area contributed by atoms with Crippen LogP contribution in [0, 0.1) is 10.1 Å². The maximum Gasteiger partial charge on any atom is 0.342 e. The van der Waals surface area contributed by atoms with Crippen LogP contribution in [0.3, 0.4) is 0 Å². The first-order chi connectivity index (χ1) is 15.4. The Morgan fingerprint density at radius 3 is 2.66 bits per heavy atom. The fraction of sp³-hybridized carbons (Fsp3) is 0.227. The van der Waals surface area contributed by atoms with Gasteiger partial charge in [0.1, 0.15) is 11.4 Å². The van der Waals surface area contributed by atoms with E-state index in [9.17, 15) is 19.7 Å². The maximum absolute atomic E-state index is 12.8. The van der Waals surface area contributed by atoms with Crippen LogP contribution >= 0.6 is 11.6 Å². The summed E-state index contributed by atoms with van der Waals surface area (Å²) in [7, 11) is 0. The minimum absolute atomic E-state index is 0.0621. The van der Waals surface area contributed by atoms with Crippen molar-refractivity contribution in [1.82, 2.24) is 4.98 Å². The zero-order chi connectivity index (χ0) is 22.7. The highest BCUT2D eigenvalue weighted by Gasteiger charge is 2.23. The summed E-state index contributed by atoms with van der Waals surface area (Å²) in [4.78, 5) is 42.2. The van der Waals surface area contributed by atoms with Crippen LogP contribution in [0.1, 0.15) is 23.2 Å². The quantitative estimate of drug-likeness (QED) is 0.337. The van der Waals surface area contributed by atoms with Gasteiger partial charge in [-0.05, 0) is 31.0 Å². The van der Waals surface area contributed by atoms with Crippen LogP contribution in [0.25, 0.3) is 10.9 Å². The van der Waals surface area contributed by atoms with E-state index in [0.717, 1.165) is 42.9 Å². The summed E-state index contributed by atoms with van der Waals surface area (Å²) in [5.74, 6) is -0.809. The number of ether oxygens (including phenoxy) is 1. The third kappa shape index (κ3) is 4.62. The number of para-hydroxylation sites is 1. The molecule has 1 aromatic heterocycles. The van der Waals surface area contributed by atoms with Crippen LogP contribution in [-0.2, 0) is 9.53 Å². The summed E-state index contributed by atoms with van der Waals surface area (Å²) in [6.45, 7) is 0.999. The van der Waals surface area contributed by atoms with E-state index >= 15 is 0 Å². The number of hydrogen-bond donors (Lipinski definition) is 1. The van der Waals surface area contributed by atoms with Gasteiger partial charge < -0.3 is 15.0 Å². The molecular formula is C22H19ClN4O5. The summed E-state index contributed by atoms with van der Waals surface area (Å²) in [5.41, 5.74) is 0.891. The predicted molar refractivity (Wildman–Crippen MR) is 120 cm³/mol. The van der Waals surface area contributed by atoms with Gasteiger partial charge in [0.05, 0.1) is 21.2 Å². The average molecular weight is 455 g/mol. The largest absolute Gasteiger partial charge is 0.452 e. The monoisotopic (exact) mass is 454 g/mol. The molecule has 2 aromatic carbocycles. The molecule has 1 aliphatic heterocycles. The Bertz CT molecular complexity index is 1210. The first-order valence-corrected chi connectivity index (χ1v) is 10.4. The number of nitro groups is 1. The summed E-state index contributed by atoms with van der Waals surface area (Å²) >= 11 is 5.99. The van der Waals surface area contributed by atoms with Crippen LogP contribution < -0.4 is 10.2 Å². The predicted octanol–water partition coefficient (Wildman–Crippen LogP) is 4.19. The molecule has 0 unspecified atom stereocenters. The third-order valence-corrected chi connectivity index (χ3v) is 5.43. The van der Waals surface area contributed by atoms with Crippen LogP contribution in [0.2, 0.25) is 5.02 Å². The standard InChI is InChI=1S/C22H19ClN4O5/c23-17-8-7-15(27(30)31)12-19(17)24-20(28)13-32-22(29)16-11-14-5-1-2-6-18(14)25-21(16)26-9-3-4-10-26/h1-2,5-8,11-12H,3-4,9-10,13H2,(H,24,28). The lowest BCUT2D eigenvalue weighted by Gasteiger charge is -2.20. The number of benzene rings is 2. The van der Waals surface area contributed by atoms with E-state index < -0.39 is 23.4 Å². The summed E-state index contributed by atoms with van der Waals surface area (Å²) in [6.07, 6.45) is 2.02. The number of esters is 1. The Kier molecular flexibility index (Phi) is 6.18. The van der Waals surface area contributed by atoms with Crippen molar-refractivity contribution in [3.63, 3.8) is 0 Å². The lowest BCUT2D eigenvalue weighted by molar-refractivity contribution is -0.384. The van der Waals surface area contributed by atoms with Gasteiger partial charge in [0.15, 0.2) is 6.61 Å². The molecule has 1 amide bonds. The van der Waals surface area contributed by atoms with E-state index in [4.69, 9.17) is 16.3 Å². The fourth-order valence-electron chi connectivity index (χ4n) is 3.54. The van der Waals surface area contributed by atoms with E-state index in [1.807, 2.05) is 29.2 Å². The highest BCUT2D eigenvalue weighted by atomic mass is 35.5. The molecule has 1 saturated heterocycles. The first kappa shape index (κ1) is 21.5. The average Bonchev–Trinajstić information content (AvgIpc) is 3.32. The molecule has 0 spiro atoms. The fourth-order valence-corrected chi connectivity index (χ4v) is 3.71. The molecule has 0 aliphatic carbocycles. The molecule has 9 nitrogen and oxygen atoms in total. The van der Waals surface area contributed by atoms with Crippen LogP contribution in [0.5, 0.6) is 0 Å². The van der Waals surface area contributed by atoms with Crippen molar-refractivity contribution in [3.05, 3.63) is 69.2 Å². The number of halogens is 1. The van der Waals surface area contributed by atoms with E-state index in [0.29, 0.717) is 5.82 Å². The van der Waals surface area contributed by atoms with Crippen molar-refractivity contribution in [2.24, 2.45) is 0 Å². The van der Waals surface area contributed by atoms with Gasteiger partial charge in [-0.1, -0.05) is 29.8 Å². The second kappa shape index (κ2) is 9.19. The zero-order valence-electron chi connectivity index (χ0n) is 16.9. The Labute approximate surface area is 188 Å². The van der Waals surface area contributed by atoms with Crippen molar-refractivity contribution in [2.45, 2.75) is 12.8 Å². The number of nitro benzene ring substituents is 1. The summed E-state index contributed by atoms with van der Waals surface area (Å²) in [6, 6.07) is 12.9. The van der Waals surface area contributed by atoms with Gasteiger partial charge in [0.2, 0.25) is 0 Å². The van der Waals surface area contributed by atoms with Gasteiger partial charge in [-0.2, -0.15) is 0 Å². The Morgan fingerprint density at radius 1 is 1.16 bits per heavy atom. The normalized spacial score (nSPS) is 13.2. The molecular weight excluding hydrogens is 436 g/mol. The van der Waals surface area contributed by atoms with Gasteiger partial charge in [-0.3, -0.25) is 14.9 Å². The Balaban J connectivity index is 1.50. The summed E-state index contributed by atoms with van der Waals surface area (Å²) in [5, 5.41) is 14.3. The number of nitrogens with one attached hydrogen (secondary N) is 1. The number of hydrogen-bond acceptors (Lipinski definition) is 7. The number of anilines is 2. The second-order valence-electron chi connectivity index (χ2n) is 7.29. The topological polar surface area (TPSA) is 115 Å². The van der Waals surface area contributed by atoms with Crippen LogP contribution in [-0.4, -0.2) is 41.5 Å². The van der Waals surface area contributed by atoms with Gasteiger partial charge in [0, 0.05) is 30.6 Å². The molecule has 32 heavy (non-hydrogen) atoms. The Morgan fingerprint density at radius 2 is 1.91 bits per heavy atom. The molecule has 1 aliphatic rings. The molecule has 2 heterocycles. The van der Waals surface area contributed by atoms with Crippen molar-refractivity contribution in [3.8, 4) is 0 Å². The van der Waals surface area contributed by atoms with Crippen molar-refractivity contribution < 1.29 is 19.2 Å². The van der Waals surface area contributed by atoms with Crippen molar-refractivity contribution in [2.75, 3.05) is 29.9 Å². The van der Waals surface area contributed by atoms with E-state index in [-0.39, 0.29) is 22.0 Å². The zero-order valence-corrected chi connectivity index (χ0v) is 17.7. The van der Waals surface area contributed by atoms with Gasteiger partial charge in [0.25, 0.3) is 11.6 Å². The SMILES string of the molecule is O=C(COC(=O)c1cc2ccccc2nc1N1CCCC1)Nc1cc([N+](=O)[O-])ccc1Cl. The van der Waals surface area contributed by atoms with E-state index in [2.05, 4.69) is 10.3 Å². The third-order valence-electron chi connectivity index (χ3n) is 5.10. The van der Waals surface area contributed by atoms with Crippen LogP contribution in [0.15, 0.2) is 48.5 Å². The number of nitrogens with zero attached hydrogens (tertiary/aromatic N) is 3. The van der Waals surface area contributed by atoms with Gasteiger partial charge >= 0.3 is 5.97 Å². The van der Waals surface area contributed by atoms with E-state index in [1.54, 1.807) is 6.07 Å². The minimum atomic E-state index is -0.676. The molecule has 1 N–H and O–H groups in total. The number of aromatic nitrogens is 1. The van der Waals surface area contributed by atoms with E-state index in [1.165, 1.54) is 12.1 Å². The molecule has 1 fully saturated rings. The smallest absolute Gasteiger partial charge is 0.342 e. The number of fused-ring (bicyclic) bond motifs is 1. The molecule has 10 heteroatoms. The molecule has 3 aromatic rings. The van der Waals surface area contributed by atoms with Gasteiger partial charge in [-0.15, -0.1) is 0 Å². The summed E-state index contributed by atoms with van der Waals surface area (Å²) < 4.78 is 5.23. The highest BCUT2D eigenvalue weighted by molar-refractivity contribution is 6.33. The van der Waals surface area contributed by atoms with Crippen LogP contribution in [0.4, 0.5) is 17.2 Å². The number of non-ortho nitro benzene ring substituents is 1. The molecule has 0 saturated carbocycles. The lowest BCUT2D eigenvalue weighted by atomic mass is 10.1. The Hall–Kier alpha value is -3.72. The number of rotatable bonds is 6. The molecule has 0 bridgehead atoms. The van der Waals surface area contributed by atoms with Gasteiger partial charge in [-0.25, -0.2) is 9.78 Å². The second-order valence-corrected chi connectivity index (χ2v) is 7.70. The maximum atomic E-state index is 12.8. The number of carbonyl (C=O) groups is 2. The number of amides is 1. The van der Waals surface area contributed by atoms with Crippen molar-refractivity contribution >= 4 is 51.6 Å². The highest BCUT2D eigenvalue weighted by Crippen LogP contribution is 2.28. The molecule has 0 atom stereocenters. The minimum Gasteiger partial charge on any atom is -0.452 e. The number of pyridine rings is 1. The first-order valence-electron chi connectivity index (χ1n) is 9.98. The molecule has 4 rings (SSSR count). The van der Waals surface area contributed by atoms with Crippen molar-refractivity contribution in [1.29, 1.82) is 0 Å². The molecule has 0 radical (unpaired) electrons. The lowest BCUT2D eigenvalue weighted by Crippen LogP contribution is -2.25. The number of carbonyl (C=O) groups excluding carboxylic acids is 2.